The molecule has 0 saturated carbocycles. The van der Waals surface area contributed by atoms with Crippen LogP contribution in [-0.2, 0) is 4.74 Å². The van der Waals surface area contributed by atoms with Crippen LogP contribution in [0.25, 0.3) is 28.0 Å². The largest absolute Gasteiger partial charge is 0.491 e. The third kappa shape index (κ3) is 3.78. The van der Waals surface area contributed by atoms with Crippen molar-refractivity contribution in [3.05, 3.63) is 66.6 Å². The second-order valence-electron chi connectivity index (χ2n) is 5.92. The summed E-state index contributed by atoms with van der Waals surface area (Å²) >= 11 is 0. The maximum atomic E-state index is 13.1. The first kappa shape index (κ1) is 17.1. The number of hydrogen-bond donors (Lipinski definition) is 0. The van der Waals surface area contributed by atoms with E-state index in [2.05, 4.69) is 15.3 Å². The van der Waals surface area contributed by atoms with Crippen molar-refractivity contribution in [2.75, 3.05) is 20.3 Å². The van der Waals surface area contributed by atoms with Crippen LogP contribution in [0, 0.1) is 5.82 Å². The Hall–Kier alpha value is -3.32. The minimum Gasteiger partial charge on any atom is -0.491 e. The van der Waals surface area contributed by atoms with Crippen molar-refractivity contribution >= 4 is 10.9 Å². The van der Waals surface area contributed by atoms with E-state index < -0.39 is 0 Å². The number of hydrogen-bond acceptors (Lipinski definition) is 5. The van der Waals surface area contributed by atoms with Crippen molar-refractivity contribution in [2.24, 2.45) is 0 Å². The zero-order valence-corrected chi connectivity index (χ0v) is 14.7. The van der Waals surface area contributed by atoms with Gasteiger partial charge in [0.2, 0.25) is 0 Å². The summed E-state index contributed by atoms with van der Waals surface area (Å²) < 4.78 is 25.3. The monoisotopic (exact) mass is 364 g/mol. The Labute approximate surface area is 155 Å². The lowest BCUT2D eigenvalue weighted by molar-refractivity contribution is 0.146. The standard InChI is InChI=1S/C20H17FN4O2/c1-26-10-11-27-17-7-9-18-14(12-17)2-8-19(22-18)20-13-25(24-23-20)16-5-3-15(21)4-6-16/h2-9,12-13H,10-11H2,1H3. The topological polar surface area (TPSA) is 62.1 Å². The highest BCUT2D eigenvalue weighted by atomic mass is 19.1. The highest BCUT2D eigenvalue weighted by molar-refractivity contribution is 5.82. The van der Waals surface area contributed by atoms with E-state index >= 15 is 0 Å². The van der Waals surface area contributed by atoms with Gasteiger partial charge in [0.25, 0.3) is 0 Å². The fourth-order valence-corrected chi connectivity index (χ4v) is 2.68. The zero-order valence-electron chi connectivity index (χ0n) is 14.7. The summed E-state index contributed by atoms with van der Waals surface area (Å²) in [6, 6.07) is 15.7. The van der Waals surface area contributed by atoms with Crippen molar-refractivity contribution in [3.8, 4) is 22.8 Å². The zero-order chi connectivity index (χ0) is 18.6. The Balaban J connectivity index is 1.59. The maximum absolute atomic E-state index is 13.1. The van der Waals surface area contributed by atoms with Gasteiger partial charge in [0.1, 0.15) is 23.9 Å². The third-order valence-corrected chi connectivity index (χ3v) is 4.06. The lowest BCUT2D eigenvalue weighted by atomic mass is 10.2. The van der Waals surface area contributed by atoms with Crippen LogP contribution in [0.4, 0.5) is 4.39 Å². The molecule has 0 atom stereocenters. The molecule has 136 valence electrons. The molecule has 0 aliphatic rings. The Morgan fingerprint density at radius 1 is 0.963 bits per heavy atom. The fourth-order valence-electron chi connectivity index (χ4n) is 2.68. The molecule has 0 amide bonds. The van der Waals surface area contributed by atoms with Crippen molar-refractivity contribution in [1.82, 2.24) is 20.0 Å². The molecule has 27 heavy (non-hydrogen) atoms. The first-order chi connectivity index (χ1) is 13.2. The van der Waals surface area contributed by atoms with Gasteiger partial charge in [0.05, 0.1) is 29.7 Å². The van der Waals surface area contributed by atoms with Crippen LogP contribution in [0.3, 0.4) is 0 Å². The highest BCUT2D eigenvalue weighted by Crippen LogP contribution is 2.23. The van der Waals surface area contributed by atoms with E-state index in [0.717, 1.165) is 22.3 Å². The van der Waals surface area contributed by atoms with Crippen LogP contribution < -0.4 is 4.74 Å². The van der Waals surface area contributed by atoms with Gasteiger partial charge in [-0.3, -0.25) is 0 Å². The number of ether oxygens (including phenoxy) is 2. The molecule has 0 fully saturated rings. The van der Waals surface area contributed by atoms with Crippen LogP contribution in [0.2, 0.25) is 0 Å². The molecule has 2 heterocycles. The van der Waals surface area contributed by atoms with Crippen LogP contribution in [0.1, 0.15) is 0 Å². The highest BCUT2D eigenvalue weighted by Gasteiger charge is 2.08. The molecule has 0 bridgehead atoms. The molecule has 2 aromatic carbocycles. The van der Waals surface area contributed by atoms with Crippen LogP contribution >= 0.6 is 0 Å². The molecule has 0 unspecified atom stereocenters. The van der Waals surface area contributed by atoms with Crippen molar-refractivity contribution in [2.45, 2.75) is 0 Å². The molecule has 0 N–H and O–H groups in total. The van der Waals surface area contributed by atoms with E-state index in [9.17, 15) is 4.39 Å². The average molecular weight is 364 g/mol. The predicted molar refractivity (Wildman–Crippen MR) is 99.4 cm³/mol. The lowest BCUT2D eigenvalue weighted by Crippen LogP contribution is -2.04. The van der Waals surface area contributed by atoms with Gasteiger partial charge in [-0.1, -0.05) is 11.3 Å². The van der Waals surface area contributed by atoms with Gasteiger partial charge in [-0.05, 0) is 48.5 Å². The number of aromatic nitrogens is 4. The maximum Gasteiger partial charge on any atom is 0.131 e. The minimum absolute atomic E-state index is 0.291. The van der Waals surface area contributed by atoms with Gasteiger partial charge in [-0.15, -0.1) is 5.10 Å². The summed E-state index contributed by atoms with van der Waals surface area (Å²) in [5.74, 6) is 0.484. The molecular weight excluding hydrogens is 347 g/mol. The number of halogens is 1. The molecule has 0 saturated heterocycles. The van der Waals surface area contributed by atoms with E-state index in [1.54, 1.807) is 30.1 Å². The van der Waals surface area contributed by atoms with E-state index in [4.69, 9.17) is 9.47 Å². The van der Waals surface area contributed by atoms with E-state index in [1.807, 2.05) is 30.3 Å². The first-order valence-electron chi connectivity index (χ1n) is 8.44. The van der Waals surface area contributed by atoms with E-state index in [0.29, 0.717) is 24.6 Å². The Bertz CT molecular complexity index is 1060. The lowest BCUT2D eigenvalue weighted by Gasteiger charge is -2.07. The molecular formula is C20H17FN4O2. The average Bonchev–Trinajstić information content (AvgIpc) is 3.18. The number of nitrogens with zero attached hydrogens (tertiary/aromatic N) is 4. The SMILES string of the molecule is COCCOc1ccc2nc(-c3cn(-c4ccc(F)cc4)nn3)ccc2c1. The first-order valence-corrected chi connectivity index (χ1v) is 8.44. The second kappa shape index (κ2) is 7.51. The minimum atomic E-state index is -0.291. The molecule has 4 aromatic rings. The molecule has 0 aliphatic carbocycles. The Kier molecular flexibility index (Phi) is 4.76. The number of rotatable bonds is 6. The second-order valence-corrected chi connectivity index (χ2v) is 5.92. The van der Waals surface area contributed by atoms with Gasteiger partial charge in [-0.25, -0.2) is 14.1 Å². The smallest absolute Gasteiger partial charge is 0.131 e. The van der Waals surface area contributed by atoms with E-state index in [-0.39, 0.29) is 5.82 Å². The fraction of sp³-hybridized carbons (Fsp3) is 0.150. The van der Waals surface area contributed by atoms with Crippen molar-refractivity contribution in [3.63, 3.8) is 0 Å². The molecule has 4 rings (SSSR count). The van der Waals surface area contributed by atoms with Crippen LogP contribution in [-0.4, -0.2) is 40.3 Å². The normalized spacial score (nSPS) is 11.0. The Morgan fingerprint density at radius 3 is 2.63 bits per heavy atom. The summed E-state index contributed by atoms with van der Waals surface area (Å²) in [7, 11) is 1.64. The number of benzene rings is 2. The van der Waals surface area contributed by atoms with Gasteiger partial charge >= 0.3 is 0 Å². The van der Waals surface area contributed by atoms with Gasteiger partial charge in [-0.2, -0.15) is 0 Å². The number of pyridine rings is 1. The molecule has 0 radical (unpaired) electrons. The molecule has 0 aliphatic heterocycles. The van der Waals surface area contributed by atoms with Crippen LogP contribution in [0.5, 0.6) is 5.75 Å². The van der Waals surface area contributed by atoms with Gasteiger partial charge < -0.3 is 9.47 Å². The van der Waals surface area contributed by atoms with E-state index in [1.165, 1.54) is 12.1 Å². The molecule has 2 aromatic heterocycles. The Morgan fingerprint density at radius 2 is 1.81 bits per heavy atom. The summed E-state index contributed by atoms with van der Waals surface area (Å²) in [6.45, 7) is 1.04. The van der Waals surface area contributed by atoms with Crippen LogP contribution in [0.15, 0.2) is 60.8 Å². The quantitative estimate of drug-likeness (QED) is 0.489. The summed E-state index contributed by atoms with van der Waals surface area (Å²) in [4.78, 5) is 4.65. The van der Waals surface area contributed by atoms with Crippen molar-refractivity contribution in [1.29, 1.82) is 0 Å². The summed E-state index contributed by atoms with van der Waals surface area (Å²) in [5, 5.41) is 9.25. The molecule has 0 spiro atoms. The molecule has 6 nitrogen and oxygen atoms in total. The van der Waals surface area contributed by atoms with Gasteiger partial charge in [0, 0.05) is 12.5 Å². The summed E-state index contributed by atoms with van der Waals surface area (Å²) in [5.41, 5.74) is 2.92. The number of fused-ring (bicyclic) bond motifs is 1. The number of methoxy groups -OCH3 is 1. The molecule has 7 heteroatoms. The van der Waals surface area contributed by atoms with Crippen molar-refractivity contribution < 1.29 is 13.9 Å². The third-order valence-electron chi connectivity index (χ3n) is 4.06. The predicted octanol–water partition coefficient (Wildman–Crippen LogP) is 3.65. The summed E-state index contributed by atoms with van der Waals surface area (Å²) in [6.07, 6.45) is 1.77. The van der Waals surface area contributed by atoms with Gasteiger partial charge in [0.15, 0.2) is 0 Å².